The molecule has 0 bridgehead atoms. The van der Waals surface area contributed by atoms with Crippen LogP contribution >= 0.6 is 0 Å². The Bertz CT molecular complexity index is 740. The summed E-state index contributed by atoms with van der Waals surface area (Å²) in [6.07, 6.45) is 1.86. The van der Waals surface area contributed by atoms with Gasteiger partial charge in [0.2, 0.25) is 0 Å². The van der Waals surface area contributed by atoms with E-state index in [4.69, 9.17) is 5.11 Å². The summed E-state index contributed by atoms with van der Waals surface area (Å²) in [4.78, 5) is 14.1. The number of rotatable bonds is 2. The van der Waals surface area contributed by atoms with Crippen LogP contribution in [0, 0.1) is 0 Å². The zero-order chi connectivity index (χ0) is 12.7. The van der Waals surface area contributed by atoms with Crippen molar-refractivity contribution in [3.8, 4) is 11.3 Å². The van der Waals surface area contributed by atoms with Gasteiger partial charge in [-0.25, -0.2) is 4.79 Å². The number of carbonyl (C=O) groups is 1. The van der Waals surface area contributed by atoms with Crippen LogP contribution in [0.15, 0.2) is 36.5 Å². The molecule has 3 rings (SSSR count). The van der Waals surface area contributed by atoms with Crippen LogP contribution in [-0.2, 0) is 7.05 Å². The summed E-state index contributed by atoms with van der Waals surface area (Å²) in [5, 5.41) is 14.0. The minimum Gasteiger partial charge on any atom is -0.476 e. The highest BCUT2D eigenvalue weighted by Crippen LogP contribution is 2.28. The molecule has 90 valence electrons. The van der Waals surface area contributed by atoms with Gasteiger partial charge in [0.15, 0.2) is 5.69 Å². The second-order valence-electron chi connectivity index (χ2n) is 4.09. The van der Waals surface area contributed by atoms with Crippen LogP contribution in [0.2, 0.25) is 0 Å². The Morgan fingerprint density at radius 2 is 2.22 bits per heavy atom. The van der Waals surface area contributed by atoms with Crippen molar-refractivity contribution in [2.45, 2.75) is 0 Å². The molecule has 0 fully saturated rings. The number of aryl methyl sites for hydroxylation is 1. The quantitative estimate of drug-likeness (QED) is 0.723. The summed E-state index contributed by atoms with van der Waals surface area (Å²) in [7, 11) is 1.74. The average molecular weight is 241 g/mol. The van der Waals surface area contributed by atoms with Gasteiger partial charge in [-0.1, -0.05) is 12.1 Å². The first kappa shape index (κ1) is 10.6. The van der Waals surface area contributed by atoms with Crippen LogP contribution in [0.4, 0.5) is 0 Å². The van der Waals surface area contributed by atoms with Crippen molar-refractivity contribution >= 4 is 16.9 Å². The lowest BCUT2D eigenvalue weighted by molar-refractivity contribution is 0.0689. The molecule has 0 spiro atoms. The van der Waals surface area contributed by atoms with Crippen molar-refractivity contribution in [1.29, 1.82) is 0 Å². The van der Waals surface area contributed by atoms with Gasteiger partial charge < -0.3 is 10.1 Å². The molecule has 0 aliphatic heterocycles. The molecule has 2 aromatic heterocycles. The third kappa shape index (κ3) is 1.48. The van der Waals surface area contributed by atoms with Crippen molar-refractivity contribution in [3.63, 3.8) is 0 Å². The normalized spacial score (nSPS) is 10.9. The topological polar surface area (TPSA) is 70.9 Å². The number of H-pyrrole nitrogens is 1. The monoisotopic (exact) mass is 241 g/mol. The van der Waals surface area contributed by atoms with E-state index in [0.717, 1.165) is 22.2 Å². The molecule has 5 heteroatoms. The molecule has 0 unspecified atom stereocenters. The Kier molecular flexibility index (Phi) is 2.19. The van der Waals surface area contributed by atoms with Crippen molar-refractivity contribution in [2.75, 3.05) is 0 Å². The molecule has 0 atom stereocenters. The Balaban J connectivity index is 2.26. The fourth-order valence-electron chi connectivity index (χ4n) is 2.13. The van der Waals surface area contributed by atoms with Crippen molar-refractivity contribution in [2.24, 2.45) is 7.05 Å². The number of hydrogen-bond donors (Lipinski definition) is 2. The molecule has 0 radical (unpaired) electrons. The number of benzene rings is 1. The van der Waals surface area contributed by atoms with E-state index in [2.05, 4.69) is 10.1 Å². The molecule has 0 aliphatic carbocycles. The van der Waals surface area contributed by atoms with Crippen LogP contribution in [0.25, 0.3) is 22.2 Å². The van der Waals surface area contributed by atoms with E-state index in [9.17, 15) is 4.79 Å². The molecule has 0 saturated carbocycles. The predicted molar refractivity (Wildman–Crippen MR) is 67.5 cm³/mol. The number of nitrogens with zero attached hydrogens (tertiary/aromatic N) is 2. The minimum atomic E-state index is -1.02. The van der Waals surface area contributed by atoms with Gasteiger partial charge in [-0.2, -0.15) is 5.10 Å². The smallest absolute Gasteiger partial charge is 0.356 e. The molecule has 0 amide bonds. The van der Waals surface area contributed by atoms with E-state index >= 15 is 0 Å². The highest BCUT2D eigenvalue weighted by molar-refractivity contribution is 5.95. The molecular formula is C13H11N3O2. The Morgan fingerprint density at radius 1 is 1.39 bits per heavy atom. The van der Waals surface area contributed by atoms with Crippen LogP contribution < -0.4 is 0 Å². The number of fused-ring (bicyclic) bond motifs is 1. The first-order valence-corrected chi connectivity index (χ1v) is 5.50. The number of aromatic amines is 1. The zero-order valence-corrected chi connectivity index (χ0v) is 9.71. The summed E-state index contributed by atoms with van der Waals surface area (Å²) in [5.74, 6) is -1.02. The van der Waals surface area contributed by atoms with Crippen molar-refractivity contribution in [3.05, 3.63) is 42.2 Å². The number of aromatic nitrogens is 3. The lowest BCUT2D eigenvalue weighted by Gasteiger charge is -2.03. The van der Waals surface area contributed by atoms with E-state index in [0.29, 0.717) is 0 Å². The highest BCUT2D eigenvalue weighted by atomic mass is 16.4. The van der Waals surface area contributed by atoms with E-state index in [1.165, 1.54) is 0 Å². The van der Waals surface area contributed by atoms with Gasteiger partial charge >= 0.3 is 5.97 Å². The third-order valence-electron chi connectivity index (χ3n) is 2.97. The van der Waals surface area contributed by atoms with Crippen molar-refractivity contribution < 1.29 is 9.90 Å². The summed E-state index contributed by atoms with van der Waals surface area (Å²) in [6, 6.07) is 9.43. The summed E-state index contributed by atoms with van der Waals surface area (Å²) in [5.41, 5.74) is 2.83. The molecule has 1 aromatic carbocycles. The maximum atomic E-state index is 10.9. The Hall–Kier alpha value is -2.56. The van der Waals surface area contributed by atoms with E-state index in [1.807, 2.05) is 30.5 Å². The molecule has 2 heterocycles. The number of aromatic carboxylic acids is 1. The molecule has 3 aromatic rings. The first-order valence-electron chi connectivity index (χ1n) is 5.50. The first-order chi connectivity index (χ1) is 8.66. The fourth-order valence-corrected chi connectivity index (χ4v) is 2.13. The third-order valence-corrected chi connectivity index (χ3v) is 2.97. The SMILES string of the molecule is Cn1nc(C(=O)O)cc1-c1cccc2[nH]ccc12. The second-order valence-corrected chi connectivity index (χ2v) is 4.09. The molecule has 18 heavy (non-hydrogen) atoms. The minimum absolute atomic E-state index is 0.0556. The Morgan fingerprint density at radius 3 is 2.94 bits per heavy atom. The Labute approximate surface area is 103 Å². The zero-order valence-electron chi connectivity index (χ0n) is 9.71. The summed E-state index contributed by atoms with van der Waals surface area (Å²) < 4.78 is 1.59. The molecule has 2 N–H and O–H groups in total. The van der Waals surface area contributed by atoms with E-state index < -0.39 is 5.97 Å². The predicted octanol–water partition coefficient (Wildman–Crippen LogP) is 2.27. The number of hydrogen-bond acceptors (Lipinski definition) is 2. The highest BCUT2D eigenvalue weighted by Gasteiger charge is 2.14. The van der Waals surface area contributed by atoms with Gasteiger partial charge in [0, 0.05) is 29.7 Å². The van der Waals surface area contributed by atoms with E-state index in [1.54, 1.807) is 17.8 Å². The number of nitrogens with one attached hydrogen (secondary N) is 1. The number of carboxylic acids is 1. The summed E-state index contributed by atoms with van der Waals surface area (Å²) >= 11 is 0. The standard InChI is InChI=1S/C13H11N3O2/c1-16-12(7-11(15-16)13(17)18)9-3-2-4-10-8(9)5-6-14-10/h2-7,14H,1H3,(H,17,18). The van der Waals surface area contributed by atoms with E-state index in [-0.39, 0.29) is 5.69 Å². The molecular weight excluding hydrogens is 230 g/mol. The maximum Gasteiger partial charge on any atom is 0.356 e. The average Bonchev–Trinajstić information content (AvgIpc) is 2.94. The molecule has 5 nitrogen and oxygen atoms in total. The maximum absolute atomic E-state index is 10.9. The second kappa shape index (κ2) is 3.73. The van der Waals surface area contributed by atoms with Crippen molar-refractivity contribution in [1.82, 2.24) is 14.8 Å². The van der Waals surface area contributed by atoms with Gasteiger partial charge in [0.1, 0.15) is 0 Å². The summed E-state index contributed by atoms with van der Waals surface area (Å²) in [6.45, 7) is 0. The van der Waals surface area contributed by atoms with Gasteiger partial charge in [-0.3, -0.25) is 4.68 Å². The largest absolute Gasteiger partial charge is 0.476 e. The van der Waals surface area contributed by atoms with Crippen LogP contribution in [0.5, 0.6) is 0 Å². The number of carboxylic acid groups (broad SMARTS) is 1. The van der Waals surface area contributed by atoms with Crippen LogP contribution in [0.1, 0.15) is 10.5 Å². The van der Waals surface area contributed by atoms with Gasteiger partial charge in [-0.05, 0) is 18.2 Å². The van der Waals surface area contributed by atoms with Gasteiger partial charge in [0.25, 0.3) is 0 Å². The molecule has 0 aliphatic rings. The van der Waals surface area contributed by atoms with Gasteiger partial charge in [0.05, 0.1) is 5.69 Å². The molecule has 0 saturated heterocycles. The lowest BCUT2D eigenvalue weighted by atomic mass is 10.1. The van der Waals surface area contributed by atoms with Crippen LogP contribution in [-0.4, -0.2) is 25.8 Å². The van der Waals surface area contributed by atoms with Gasteiger partial charge in [-0.15, -0.1) is 0 Å². The fraction of sp³-hybridized carbons (Fsp3) is 0.0769. The van der Waals surface area contributed by atoms with Crippen LogP contribution in [0.3, 0.4) is 0 Å². The lowest BCUT2D eigenvalue weighted by Crippen LogP contribution is -1.99.